The number of nitrogens with two attached hydrogens (primary N) is 1. The first-order chi connectivity index (χ1) is 16.5. The molecule has 0 unspecified atom stereocenters. The lowest BCUT2D eigenvalue weighted by Gasteiger charge is -2.25. The van der Waals surface area contributed by atoms with Crippen molar-refractivity contribution in [3.63, 3.8) is 0 Å². The van der Waals surface area contributed by atoms with E-state index < -0.39 is 27.4 Å². The van der Waals surface area contributed by atoms with E-state index in [1.807, 2.05) is 43.1 Å². The number of amides is 2. The Morgan fingerprint density at radius 1 is 1.11 bits per heavy atom. The lowest BCUT2D eigenvalue weighted by molar-refractivity contribution is -0.127. The molecule has 2 aromatic heterocycles. The van der Waals surface area contributed by atoms with Gasteiger partial charge in [-0.15, -0.1) is 0 Å². The third-order valence-electron chi connectivity index (χ3n) is 5.43. The molecule has 186 valence electrons. The molecule has 3 aromatic rings. The van der Waals surface area contributed by atoms with Gasteiger partial charge in [0.05, 0.1) is 5.52 Å². The Morgan fingerprint density at radius 2 is 1.83 bits per heavy atom. The van der Waals surface area contributed by atoms with Gasteiger partial charge < -0.3 is 20.9 Å². The molecule has 0 spiro atoms. The van der Waals surface area contributed by atoms with Crippen LogP contribution >= 0.6 is 0 Å². The van der Waals surface area contributed by atoms with E-state index >= 15 is 0 Å². The maximum atomic E-state index is 12.6. The van der Waals surface area contributed by atoms with Crippen molar-refractivity contribution in [2.45, 2.75) is 13.5 Å². The summed E-state index contributed by atoms with van der Waals surface area (Å²) >= 11 is 0. The Kier molecular flexibility index (Phi) is 7.85. The number of aromatic nitrogens is 3. The van der Waals surface area contributed by atoms with Gasteiger partial charge in [0.2, 0.25) is 5.91 Å². The minimum absolute atomic E-state index is 0.0383. The molecule has 0 aliphatic carbocycles. The second-order valence-corrected chi connectivity index (χ2v) is 10.5. The first kappa shape index (κ1) is 25.8. The van der Waals surface area contributed by atoms with Gasteiger partial charge in [0.15, 0.2) is 21.3 Å². The highest BCUT2D eigenvalue weighted by Crippen LogP contribution is 2.25. The summed E-state index contributed by atoms with van der Waals surface area (Å²) in [6.07, 6.45) is 3.83. The molecule has 3 N–H and O–H groups in total. The van der Waals surface area contributed by atoms with Crippen molar-refractivity contribution in [1.82, 2.24) is 25.2 Å². The minimum Gasteiger partial charge on any atom is -0.382 e. The first-order valence-corrected chi connectivity index (χ1v) is 12.9. The molecule has 11 nitrogen and oxygen atoms in total. The zero-order chi connectivity index (χ0) is 25.8. The van der Waals surface area contributed by atoms with Crippen molar-refractivity contribution >= 4 is 44.2 Å². The van der Waals surface area contributed by atoms with E-state index in [0.29, 0.717) is 18.9 Å². The molecule has 12 heteroatoms. The Labute approximate surface area is 204 Å². The number of likely N-dealkylation sites (N-methyl/N-ethyl adjacent to an activating group) is 2. The van der Waals surface area contributed by atoms with Gasteiger partial charge in [0.25, 0.3) is 5.91 Å². The third kappa shape index (κ3) is 6.63. The van der Waals surface area contributed by atoms with E-state index in [2.05, 4.69) is 15.3 Å². The molecular formula is C23H29N7O4S. The van der Waals surface area contributed by atoms with E-state index in [4.69, 9.17) is 10.7 Å². The number of hydrogen-bond donors (Lipinski definition) is 2. The minimum atomic E-state index is -3.41. The predicted octanol–water partition coefficient (Wildman–Crippen LogP) is 0.785. The molecule has 35 heavy (non-hydrogen) atoms. The van der Waals surface area contributed by atoms with E-state index in [-0.39, 0.29) is 18.1 Å². The molecule has 1 aromatic carbocycles. The summed E-state index contributed by atoms with van der Waals surface area (Å²) in [6, 6.07) is 7.81. The molecule has 0 aliphatic heterocycles. The van der Waals surface area contributed by atoms with E-state index in [0.717, 1.165) is 28.3 Å². The van der Waals surface area contributed by atoms with Crippen molar-refractivity contribution in [2.24, 2.45) is 0 Å². The number of carbonyl (C=O) groups excluding carboxylic acids is 2. The lowest BCUT2D eigenvalue weighted by Crippen LogP contribution is -2.38. The summed E-state index contributed by atoms with van der Waals surface area (Å²) in [7, 11) is -0.0243. The van der Waals surface area contributed by atoms with Crippen LogP contribution in [0.25, 0.3) is 10.9 Å². The first-order valence-electron chi connectivity index (χ1n) is 10.8. The number of carbonyl (C=O) groups is 2. The maximum absolute atomic E-state index is 12.6. The van der Waals surface area contributed by atoms with Crippen LogP contribution in [0.4, 0.5) is 11.6 Å². The smallest absolute Gasteiger partial charge is 0.273 e. The summed E-state index contributed by atoms with van der Waals surface area (Å²) < 4.78 is 22.9. The Bertz CT molecular complexity index is 1360. The average molecular weight is 500 g/mol. The molecule has 0 saturated heterocycles. The molecular weight excluding hydrogens is 470 g/mol. The lowest BCUT2D eigenvalue weighted by atomic mass is 10.1. The molecule has 0 saturated carbocycles. The van der Waals surface area contributed by atoms with Gasteiger partial charge >= 0.3 is 0 Å². The van der Waals surface area contributed by atoms with Crippen LogP contribution < -0.4 is 16.0 Å². The van der Waals surface area contributed by atoms with Crippen LogP contribution in [0.1, 0.15) is 21.6 Å². The summed E-state index contributed by atoms with van der Waals surface area (Å²) in [5.41, 5.74) is 8.38. The van der Waals surface area contributed by atoms with Gasteiger partial charge in [-0.2, -0.15) is 0 Å². The number of nitrogens with one attached hydrogen (secondary N) is 1. The Balaban J connectivity index is 1.83. The molecule has 0 fully saturated rings. The van der Waals surface area contributed by atoms with Crippen LogP contribution in [0.15, 0.2) is 36.7 Å². The van der Waals surface area contributed by atoms with Gasteiger partial charge in [0.1, 0.15) is 11.6 Å². The Hall–Kier alpha value is -3.80. The molecule has 0 atom stereocenters. The molecule has 2 heterocycles. The molecule has 3 rings (SSSR count). The second-order valence-electron chi connectivity index (χ2n) is 8.40. The fourth-order valence-corrected chi connectivity index (χ4v) is 4.16. The van der Waals surface area contributed by atoms with Crippen LogP contribution in [0, 0.1) is 6.92 Å². The van der Waals surface area contributed by atoms with Crippen molar-refractivity contribution in [3.8, 4) is 0 Å². The summed E-state index contributed by atoms with van der Waals surface area (Å²) in [4.78, 5) is 40.8. The van der Waals surface area contributed by atoms with Gasteiger partial charge in [-0.05, 0) is 18.6 Å². The van der Waals surface area contributed by atoms with Crippen LogP contribution in [0.3, 0.4) is 0 Å². The van der Waals surface area contributed by atoms with Crippen molar-refractivity contribution in [1.29, 1.82) is 0 Å². The number of pyridine rings is 1. The van der Waals surface area contributed by atoms with Gasteiger partial charge in [-0.1, -0.05) is 18.2 Å². The molecule has 0 aliphatic rings. The molecule has 2 amide bonds. The predicted molar refractivity (Wildman–Crippen MR) is 135 cm³/mol. The number of nitrogens with zero attached hydrogens (tertiary/aromatic N) is 5. The number of anilines is 2. The largest absolute Gasteiger partial charge is 0.382 e. The third-order valence-corrected chi connectivity index (χ3v) is 6.20. The van der Waals surface area contributed by atoms with Crippen LogP contribution in [0.5, 0.6) is 0 Å². The number of hydrogen-bond acceptors (Lipinski definition) is 9. The highest BCUT2D eigenvalue weighted by atomic mass is 32.2. The summed E-state index contributed by atoms with van der Waals surface area (Å²) in [6.45, 7) is 2.82. The number of benzene rings is 1. The Morgan fingerprint density at radius 3 is 2.51 bits per heavy atom. The van der Waals surface area contributed by atoms with Crippen LogP contribution in [0.2, 0.25) is 0 Å². The molecule has 0 radical (unpaired) electrons. The topological polar surface area (TPSA) is 151 Å². The highest BCUT2D eigenvalue weighted by molar-refractivity contribution is 7.91. The SMILES string of the molecule is Cc1cccc2cc(CNC(=O)c3nccnc3N)c(N(C)CCN(C)C(=O)CS(C)(=O)=O)nc12. The van der Waals surface area contributed by atoms with Gasteiger partial charge in [-0.25, -0.2) is 23.4 Å². The number of aryl methyl sites for hydroxylation is 1. The number of nitrogen functional groups attached to an aromatic ring is 1. The van der Waals surface area contributed by atoms with Crippen molar-refractivity contribution in [2.75, 3.05) is 49.8 Å². The second kappa shape index (κ2) is 10.6. The van der Waals surface area contributed by atoms with E-state index in [1.165, 1.54) is 17.3 Å². The van der Waals surface area contributed by atoms with Crippen LogP contribution in [-0.2, 0) is 21.2 Å². The quantitative estimate of drug-likeness (QED) is 0.435. The number of fused-ring (bicyclic) bond motifs is 1. The normalized spacial score (nSPS) is 11.3. The van der Waals surface area contributed by atoms with E-state index in [1.54, 1.807) is 7.05 Å². The zero-order valence-electron chi connectivity index (χ0n) is 20.1. The standard InChI is InChI=1S/C23H29N7O4S/c1-15-6-5-7-16-12-17(13-27-23(32)20-21(24)26-9-8-25-20)22(28-19(15)16)30(3)11-10-29(2)18(31)14-35(4,33)34/h5-9,12H,10-11,13-14H2,1-4H3,(H2,24,26)(H,27,32). The van der Waals surface area contributed by atoms with E-state index in [9.17, 15) is 18.0 Å². The maximum Gasteiger partial charge on any atom is 0.273 e. The van der Waals surface area contributed by atoms with Crippen molar-refractivity contribution in [3.05, 3.63) is 53.5 Å². The number of para-hydroxylation sites is 1. The monoisotopic (exact) mass is 499 g/mol. The van der Waals surface area contributed by atoms with Crippen molar-refractivity contribution < 1.29 is 18.0 Å². The highest BCUT2D eigenvalue weighted by Gasteiger charge is 2.19. The van der Waals surface area contributed by atoms with Gasteiger partial charge in [-0.3, -0.25) is 9.59 Å². The van der Waals surface area contributed by atoms with Gasteiger partial charge in [0, 0.05) is 63.3 Å². The fourth-order valence-electron chi connectivity index (χ4n) is 3.49. The zero-order valence-corrected chi connectivity index (χ0v) is 21.0. The summed E-state index contributed by atoms with van der Waals surface area (Å²) in [5.74, 6) is -0.805. The van der Waals surface area contributed by atoms with Crippen LogP contribution in [-0.4, -0.2) is 79.3 Å². The number of rotatable bonds is 9. The molecule has 0 bridgehead atoms. The summed E-state index contributed by atoms with van der Waals surface area (Å²) in [5, 5.41) is 3.74. The fraction of sp³-hybridized carbons (Fsp3) is 0.348. The number of sulfone groups is 1. The average Bonchev–Trinajstić information content (AvgIpc) is 2.79.